The molecule has 0 heterocycles. The Morgan fingerprint density at radius 2 is 2.29 bits per heavy atom. The van der Waals surface area contributed by atoms with Crippen molar-refractivity contribution in [2.24, 2.45) is 0 Å². The van der Waals surface area contributed by atoms with E-state index in [1.54, 1.807) is 17.1 Å². The molecule has 0 aromatic carbocycles. The molecule has 3 nitrogen and oxygen atoms in total. The van der Waals surface area contributed by atoms with Gasteiger partial charge in [-0.3, -0.25) is 4.79 Å². The molecule has 0 saturated carbocycles. The molecule has 0 unspecified atom stereocenters. The molecule has 74 valence electrons. The van der Waals surface area contributed by atoms with Crippen LogP contribution in [0.5, 0.6) is 0 Å². The number of carbonyl (C=O) groups is 2. The summed E-state index contributed by atoms with van der Waals surface area (Å²) in [6, 6.07) is 0. The van der Waals surface area contributed by atoms with Crippen LogP contribution in [0.15, 0.2) is 34.4 Å². The second-order valence-corrected chi connectivity index (χ2v) is 3.19. The van der Waals surface area contributed by atoms with Gasteiger partial charge in [-0.2, -0.15) is 0 Å². The molecule has 0 aromatic heterocycles. The van der Waals surface area contributed by atoms with Gasteiger partial charge in [0.05, 0.1) is 7.11 Å². The number of methoxy groups -OCH3 is 1. The van der Waals surface area contributed by atoms with Gasteiger partial charge < -0.3 is 4.74 Å². The maximum atomic E-state index is 11.4. The number of ketones is 1. The molecule has 0 radical (unpaired) electrons. The number of hydrogen-bond donors (Lipinski definition) is 0. The van der Waals surface area contributed by atoms with Crippen LogP contribution in [-0.4, -0.2) is 18.9 Å². The average molecular weight is 257 g/mol. The van der Waals surface area contributed by atoms with E-state index in [1.807, 2.05) is 6.08 Å². The summed E-state index contributed by atoms with van der Waals surface area (Å²) in [7, 11) is 1.20. The first-order valence-electron chi connectivity index (χ1n) is 3.98. The highest BCUT2D eigenvalue weighted by Gasteiger charge is 2.20. The van der Waals surface area contributed by atoms with Crippen LogP contribution in [0.3, 0.4) is 0 Å². The first-order chi connectivity index (χ1) is 6.69. The van der Waals surface area contributed by atoms with Crippen molar-refractivity contribution in [1.82, 2.24) is 0 Å². The van der Waals surface area contributed by atoms with Gasteiger partial charge >= 0.3 is 5.97 Å². The van der Waals surface area contributed by atoms with E-state index in [9.17, 15) is 9.59 Å². The van der Waals surface area contributed by atoms with Crippen molar-refractivity contribution in [3.8, 4) is 0 Å². The predicted molar refractivity (Wildman–Crippen MR) is 55.9 cm³/mol. The Morgan fingerprint density at radius 3 is 2.86 bits per heavy atom. The van der Waals surface area contributed by atoms with E-state index >= 15 is 0 Å². The summed E-state index contributed by atoms with van der Waals surface area (Å²) in [5.41, 5.74) is 1.39. The number of esters is 1. The molecule has 0 bridgehead atoms. The first kappa shape index (κ1) is 10.9. The standard InChI is InChI=1S/C10H9BrO3/c1-14-10(13)9(12)8-4-2-3-7(5-8)6-11/h2-4,6H,5H2,1H3. The molecule has 0 aliphatic heterocycles. The highest BCUT2D eigenvalue weighted by atomic mass is 79.9. The lowest BCUT2D eigenvalue weighted by Gasteiger charge is -2.08. The average Bonchev–Trinajstić information content (AvgIpc) is 2.27. The predicted octanol–water partition coefficient (Wildman–Crippen LogP) is 1.89. The number of carbonyl (C=O) groups excluding carboxylic acids is 2. The minimum atomic E-state index is -0.819. The smallest absolute Gasteiger partial charge is 0.379 e. The van der Waals surface area contributed by atoms with E-state index in [0.29, 0.717) is 12.0 Å². The molecule has 0 amide bonds. The largest absolute Gasteiger partial charge is 0.463 e. The molecule has 0 fully saturated rings. The third kappa shape index (κ3) is 2.42. The molecule has 0 spiro atoms. The molecule has 0 aromatic rings. The number of hydrogen-bond acceptors (Lipinski definition) is 3. The van der Waals surface area contributed by atoms with Crippen LogP contribution < -0.4 is 0 Å². The van der Waals surface area contributed by atoms with Crippen molar-refractivity contribution in [3.63, 3.8) is 0 Å². The SMILES string of the molecule is COC(=O)C(=O)C1=CC=CC(=CBr)C1. The van der Waals surface area contributed by atoms with Gasteiger partial charge in [0.15, 0.2) is 0 Å². The maximum absolute atomic E-state index is 11.4. The van der Waals surface area contributed by atoms with E-state index in [0.717, 1.165) is 5.57 Å². The van der Waals surface area contributed by atoms with E-state index in [-0.39, 0.29) is 0 Å². The third-order valence-electron chi connectivity index (χ3n) is 1.80. The summed E-state index contributed by atoms with van der Waals surface area (Å²) in [5, 5.41) is 0. The Hall–Kier alpha value is -1.16. The summed E-state index contributed by atoms with van der Waals surface area (Å²) in [5.74, 6) is -1.40. The topological polar surface area (TPSA) is 43.4 Å². The molecule has 0 saturated heterocycles. The van der Waals surface area contributed by atoms with Crippen molar-refractivity contribution in [2.45, 2.75) is 6.42 Å². The molecule has 1 aliphatic carbocycles. The van der Waals surface area contributed by atoms with Gasteiger partial charge in [-0.1, -0.05) is 34.2 Å². The van der Waals surface area contributed by atoms with Crippen LogP contribution in [0.25, 0.3) is 0 Å². The second kappa shape index (κ2) is 4.91. The number of allylic oxidation sites excluding steroid dienone is 4. The van der Waals surface area contributed by atoms with Crippen molar-refractivity contribution < 1.29 is 14.3 Å². The van der Waals surface area contributed by atoms with Crippen molar-refractivity contribution in [1.29, 1.82) is 0 Å². The minimum Gasteiger partial charge on any atom is -0.463 e. The van der Waals surface area contributed by atoms with Gasteiger partial charge in [-0.25, -0.2) is 4.79 Å². The Kier molecular flexibility index (Phi) is 3.83. The lowest BCUT2D eigenvalue weighted by atomic mass is 9.98. The summed E-state index contributed by atoms with van der Waals surface area (Å²) >= 11 is 3.17. The summed E-state index contributed by atoms with van der Waals surface area (Å²) < 4.78 is 4.35. The zero-order chi connectivity index (χ0) is 10.6. The molecular weight excluding hydrogens is 248 g/mol. The molecule has 0 N–H and O–H groups in total. The number of halogens is 1. The van der Waals surface area contributed by atoms with Crippen LogP contribution in [-0.2, 0) is 14.3 Å². The van der Waals surface area contributed by atoms with Crippen molar-refractivity contribution in [2.75, 3.05) is 7.11 Å². The van der Waals surface area contributed by atoms with Gasteiger partial charge in [0, 0.05) is 12.0 Å². The highest BCUT2D eigenvalue weighted by Crippen LogP contribution is 2.19. The first-order valence-corrected chi connectivity index (χ1v) is 4.89. The number of Topliss-reactive ketones (excluding diaryl/α,β-unsaturated/α-hetero) is 1. The van der Waals surface area contributed by atoms with Gasteiger partial charge in [0.2, 0.25) is 0 Å². The third-order valence-corrected chi connectivity index (χ3v) is 2.39. The zero-order valence-corrected chi connectivity index (χ0v) is 9.21. The molecule has 1 aliphatic rings. The van der Waals surface area contributed by atoms with Gasteiger partial charge in [0.1, 0.15) is 0 Å². The Morgan fingerprint density at radius 1 is 1.57 bits per heavy atom. The molecular formula is C10H9BrO3. The molecule has 14 heavy (non-hydrogen) atoms. The zero-order valence-electron chi connectivity index (χ0n) is 7.62. The fourth-order valence-electron chi connectivity index (χ4n) is 1.08. The summed E-state index contributed by atoms with van der Waals surface area (Å²) in [4.78, 5) is 24.0. The normalized spacial score (nSPS) is 17.9. The Labute approximate surface area is 90.3 Å². The highest BCUT2D eigenvalue weighted by molar-refractivity contribution is 9.11. The van der Waals surface area contributed by atoms with Gasteiger partial charge in [-0.05, 0) is 10.6 Å². The monoisotopic (exact) mass is 256 g/mol. The molecule has 4 heteroatoms. The Balaban J connectivity index is 2.81. The summed E-state index contributed by atoms with van der Waals surface area (Å²) in [6.45, 7) is 0. The van der Waals surface area contributed by atoms with Crippen molar-refractivity contribution in [3.05, 3.63) is 34.4 Å². The molecule has 1 rings (SSSR count). The van der Waals surface area contributed by atoms with E-state index in [1.165, 1.54) is 7.11 Å². The second-order valence-electron chi connectivity index (χ2n) is 2.73. The van der Waals surface area contributed by atoms with Gasteiger partial charge in [-0.15, -0.1) is 0 Å². The summed E-state index contributed by atoms with van der Waals surface area (Å²) in [6.07, 6.45) is 5.67. The number of ether oxygens (including phenoxy) is 1. The number of rotatable bonds is 2. The maximum Gasteiger partial charge on any atom is 0.379 e. The minimum absolute atomic E-state index is 0.449. The van der Waals surface area contributed by atoms with E-state index < -0.39 is 11.8 Å². The van der Waals surface area contributed by atoms with Crippen molar-refractivity contribution >= 4 is 27.7 Å². The van der Waals surface area contributed by atoms with Crippen LogP contribution in [0.1, 0.15) is 6.42 Å². The quantitative estimate of drug-likeness (QED) is 0.560. The Bertz CT molecular complexity index is 350. The molecule has 0 atom stereocenters. The van der Waals surface area contributed by atoms with E-state index in [2.05, 4.69) is 20.7 Å². The van der Waals surface area contributed by atoms with Gasteiger partial charge in [0.25, 0.3) is 5.78 Å². The fraction of sp³-hybridized carbons (Fsp3) is 0.200. The van der Waals surface area contributed by atoms with Crippen LogP contribution >= 0.6 is 15.9 Å². The van der Waals surface area contributed by atoms with Crippen LogP contribution in [0.2, 0.25) is 0 Å². The lowest BCUT2D eigenvalue weighted by molar-refractivity contribution is -0.149. The lowest BCUT2D eigenvalue weighted by Crippen LogP contribution is -2.18. The van der Waals surface area contributed by atoms with Crippen LogP contribution in [0.4, 0.5) is 0 Å². The van der Waals surface area contributed by atoms with Crippen LogP contribution in [0, 0.1) is 0 Å². The van der Waals surface area contributed by atoms with E-state index in [4.69, 9.17) is 0 Å². The fourth-order valence-corrected chi connectivity index (χ4v) is 1.39.